The maximum atomic E-state index is 12.8. The Morgan fingerprint density at radius 2 is 1.82 bits per heavy atom. The summed E-state index contributed by atoms with van der Waals surface area (Å²) in [4.78, 5) is 23.9. The fourth-order valence-electron chi connectivity index (χ4n) is 5.25. The van der Waals surface area contributed by atoms with Crippen molar-refractivity contribution in [3.8, 4) is 0 Å². The number of piperidine rings is 1. The van der Waals surface area contributed by atoms with Gasteiger partial charge in [0.05, 0.1) is 19.3 Å². The molecule has 0 aromatic carbocycles. The lowest BCUT2D eigenvalue weighted by atomic mass is 9.76. The quantitative estimate of drug-likeness (QED) is 0.772. The minimum Gasteiger partial charge on any atom is -0.378 e. The van der Waals surface area contributed by atoms with Crippen molar-refractivity contribution in [3.63, 3.8) is 0 Å². The minimum absolute atomic E-state index is 0.185. The summed E-state index contributed by atoms with van der Waals surface area (Å²) in [6.45, 7) is 5.48. The van der Waals surface area contributed by atoms with Crippen molar-refractivity contribution in [2.45, 2.75) is 50.5 Å². The number of likely N-dealkylation sites (tertiary alicyclic amines) is 2. The van der Waals surface area contributed by atoms with Crippen molar-refractivity contribution >= 4 is 6.03 Å². The van der Waals surface area contributed by atoms with E-state index in [0.717, 1.165) is 50.6 Å². The number of carbonyl (C=O) groups is 1. The average molecular weight is 390 g/mol. The lowest BCUT2D eigenvalue weighted by Gasteiger charge is -2.41. The van der Waals surface area contributed by atoms with Crippen LogP contribution in [0.3, 0.4) is 0 Å². The van der Waals surface area contributed by atoms with Crippen molar-refractivity contribution in [2.75, 3.05) is 53.0 Å². The molecule has 1 aliphatic carbocycles. The Labute approximate surface area is 166 Å². The van der Waals surface area contributed by atoms with Gasteiger partial charge in [-0.2, -0.15) is 4.98 Å². The molecule has 1 spiro atoms. The zero-order valence-corrected chi connectivity index (χ0v) is 16.8. The Bertz CT molecular complexity index is 704. The fraction of sp³-hybridized carbons (Fsp3) is 0.850. The second-order valence-corrected chi connectivity index (χ2v) is 9.12. The molecule has 2 amide bonds. The second kappa shape index (κ2) is 7.30. The molecular formula is C20H31N5O3. The molecule has 3 aliphatic heterocycles. The van der Waals surface area contributed by atoms with E-state index in [2.05, 4.69) is 17.1 Å². The zero-order valence-electron chi connectivity index (χ0n) is 16.8. The summed E-state index contributed by atoms with van der Waals surface area (Å²) >= 11 is 0. The number of hydrogen-bond donors (Lipinski definition) is 0. The van der Waals surface area contributed by atoms with Crippen LogP contribution in [0.1, 0.15) is 62.2 Å². The third kappa shape index (κ3) is 3.30. The van der Waals surface area contributed by atoms with E-state index in [9.17, 15) is 4.79 Å². The number of morpholine rings is 1. The van der Waals surface area contributed by atoms with Crippen molar-refractivity contribution < 1.29 is 14.1 Å². The summed E-state index contributed by atoms with van der Waals surface area (Å²) in [6.07, 6.45) is 6.80. The van der Waals surface area contributed by atoms with Crippen LogP contribution in [0.25, 0.3) is 0 Å². The minimum atomic E-state index is 0.185. The topological polar surface area (TPSA) is 74.9 Å². The standard InChI is InChI=1S/C20H31N5O3/c1-23-14-20(13-16(23)17-21-18(28-22-17)15-3-2-4-15)5-7-24(8-6-20)19(26)25-9-11-27-12-10-25/h15-16H,2-14H2,1H3. The number of rotatable bonds is 2. The van der Waals surface area contributed by atoms with Crippen molar-refractivity contribution in [2.24, 2.45) is 5.41 Å². The van der Waals surface area contributed by atoms with Crippen LogP contribution in [0.2, 0.25) is 0 Å². The van der Waals surface area contributed by atoms with Crippen LogP contribution in [0.4, 0.5) is 4.79 Å². The summed E-state index contributed by atoms with van der Waals surface area (Å²) < 4.78 is 10.9. The van der Waals surface area contributed by atoms with Gasteiger partial charge >= 0.3 is 6.03 Å². The Balaban J connectivity index is 1.20. The number of hydrogen-bond acceptors (Lipinski definition) is 6. The number of carbonyl (C=O) groups excluding carboxylic acids is 1. The van der Waals surface area contributed by atoms with E-state index < -0.39 is 0 Å². The SMILES string of the molecule is CN1CC2(CCN(C(=O)N3CCOCC3)CC2)CC1c1noc(C2CCC2)n1. The molecule has 0 radical (unpaired) electrons. The van der Waals surface area contributed by atoms with Gasteiger partial charge in [-0.05, 0) is 44.6 Å². The predicted molar refractivity (Wildman–Crippen MR) is 102 cm³/mol. The summed E-state index contributed by atoms with van der Waals surface area (Å²) in [7, 11) is 2.17. The molecule has 4 aliphatic rings. The molecule has 4 heterocycles. The first-order valence-electron chi connectivity index (χ1n) is 10.8. The summed E-state index contributed by atoms with van der Waals surface area (Å²) in [5.41, 5.74) is 0.262. The van der Waals surface area contributed by atoms with Crippen LogP contribution >= 0.6 is 0 Å². The number of urea groups is 1. The molecular weight excluding hydrogens is 358 g/mol. The number of amides is 2. The number of aromatic nitrogens is 2. The van der Waals surface area contributed by atoms with E-state index in [0.29, 0.717) is 32.2 Å². The molecule has 4 fully saturated rings. The molecule has 8 nitrogen and oxygen atoms in total. The Morgan fingerprint density at radius 1 is 1.11 bits per heavy atom. The summed E-state index contributed by atoms with van der Waals surface area (Å²) in [5.74, 6) is 2.17. The van der Waals surface area contributed by atoms with Gasteiger partial charge in [0.15, 0.2) is 5.82 Å². The molecule has 154 valence electrons. The van der Waals surface area contributed by atoms with Gasteiger partial charge in [0.2, 0.25) is 5.89 Å². The highest BCUT2D eigenvalue weighted by molar-refractivity contribution is 5.74. The van der Waals surface area contributed by atoms with Crippen molar-refractivity contribution in [3.05, 3.63) is 11.7 Å². The first kappa shape index (κ1) is 18.4. The van der Waals surface area contributed by atoms with E-state index >= 15 is 0 Å². The van der Waals surface area contributed by atoms with E-state index in [4.69, 9.17) is 14.2 Å². The van der Waals surface area contributed by atoms with E-state index in [1.54, 1.807) is 0 Å². The normalized spacial score (nSPS) is 28.7. The highest BCUT2D eigenvalue weighted by Crippen LogP contribution is 2.48. The van der Waals surface area contributed by atoms with Crippen LogP contribution in [-0.4, -0.2) is 83.9 Å². The van der Waals surface area contributed by atoms with Crippen LogP contribution in [0, 0.1) is 5.41 Å². The smallest absolute Gasteiger partial charge is 0.320 e. The van der Waals surface area contributed by atoms with Gasteiger partial charge in [0.25, 0.3) is 0 Å². The highest BCUT2D eigenvalue weighted by Gasteiger charge is 2.47. The average Bonchev–Trinajstić information content (AvgIpc) is 3.26. The molecule has 3 saturated heterocycles. The molecule has 28 heavy (non-hydrogen) atoms. The van der Waals surface area contributed by atoms with E-state index in [1.165, 1.54) is 19.3 Å². The number of ether oxygens (including phenoxy) is 1. The van der Waals surface area contributed by atoms with Crippen LogP contribution in [0.5, 0.6) is 0 Å². The Morgan fingerprint density at radius 3 is 2.50 bits per heavy atom. The van der Waals surface area contributed by atoms with Crippen molar-refractivity contribution in [1.29, 1.82) is 0 Å². The first-order valence-corrected chi connectivity index (χ1v) is 10.8. The Hall–Kier alpha value is -1.67. The summed E-state index contributed by atoms with van der Waals surface area (Å²) in [5, 5.41) is 4.32. The zero-order chi connectivity index (χ0) is 19.1. The van der Waals surface area contributed by atoms with Gasteiger partial charge < -0.3 is 19.1 Å². The number of nitrogens with zero attached hydrogens (tertiary/aromatic N) is 5. The largest absolute Gasteiger partial charge is 0.378 e. The first-order chi connectivity index (χ1) is 13.6. The predicted octanol–water partition coefficient (Wildman–Crippen LogP) is 2.25. The van der Waals surface area contributed by atoms with E-state index in [-0.39, 0.29) is 17.5 Å². The van der Waals surface area contributed by atoms with Crippen LogP contribution in [0.15, 0.2) is 4.52 Å². The summed E-state index contributed by atoms with van der Waals surface area (Å²) in [6, 6.07) is 0.420. The van der Waals surface area contributed by atoms with Crippen LogP contribution in [-0.2, 0) is 4.74 Å². The van der Waals surface area contributed by atoms with Gasteiger partial charge in [-0.25, -0.2) is 4.79 Å². The van der Waals surface area contributed by atoms with Gasteiger partial charge in [-0.3, -0.25) is 4.90 Å². The third-order valence-corrected chi connectivity index (χ3v) is 7.33. The fourth-order valence-corrected chi connectivity index (χ4v) is 5.25. The van der Waals surface area contributed by atoms with E-state index in [1.807, 2.05) is 9.80 Å². The highest BCUT2D eigenvalue weighted by atomic mass is 16.5. The molecule has 0 N–H and O–H groups in total. The van der Waals surface area contributed by atoms with Gasteiger partial charge in [-0.1, -0.05) is 11.6 Å². The van der Waals surface area contributed by atoms with Crippen molar-refractivity contribution in [1.82, 2.24) is 24.8 Å². The van der Waals surface area contributed by atoms with Gasteiger partial charge in [0.1, 0.15) is 0 Å². The molecule has 1 aromatic heterocycles. The molecule has 1 unspecified atom stereocenters. The third-order valence-electron chi connectivity index (χ3n) is 7.33. The molecule has 0 bridgehead atoms. The molecule has 1 aromatic rings. The monoisotopic (exact) mass is 389 g/mol. The Kier molecular flexibility index (Phi) is 4.79. The molecule has 5 rings (SSSR count). The lowest BCUT2D eigenvalue weighted by molar-refractivity contribution is 0.0355. The molecule has 1 atom stereocenters. The maximum Gasteiger partial charge on any atom is 0.320 e. The lowest BCUT2D eigenvalue weighted by Crippen LogP contribution is -2.52. The maximum absolute atomic E-state index is 12.8. The van der Waals surface area contributed by atoms with Gasteiger partial charge in [-0.15, -0.1) is 0 Å². The van der Waals surface area contributed by atoms with Gasteiger partial charge in [0, 0.05) is 38.6 Å². The second-order valence-electron chi connectivity index (χ2n) is 9.12. The van der Waals surface area contributed by atoms with Crippen LogP contribution < -0.4 is 0 Å². The molecule has 1 saturated carbocycles. The molecule has 8 heteroatoms.